The normalized spacial score (nSPS) is 10.3. The fraction of sp³-hybridized carbons (Fsp3) is 0.0909. The summed E-state index contributed by atoms with van der Waals surface area (Å²) in [6.45, 7) is 1.74. The Hall–Kier alpha value is -1.61. The summed E-state index contributed by atoms with van der Waals surface area (Å²) in [5, 5.41) is 0.648. The summed E-state index contributed by atoms with van der Waals surface area (Å²) in [5.41, 5.74) is 1.23. The van der Waals surface area contributed by atoms with Gasteiger partial charge in [-0.2, -0.15) is 0 Å². The second-order valence-corrected chi connectivity index (χ2v) is 3.65. The third-order valence-corrected chi connectivity index (χ3v) is 2.33. The van der Waals surface area contributed by atoms with Gasteiger partial charge in [-0.15, -0.1) is 0 Å². The Morgan fingerprint density at radius 1 is 1.27 bits per heavy atom. The Labute approximate surface area is 91.8 Å². The standard InChI is InChI=1S/C11H9ClN2O/c1-7-13-6-10(11(15)14-7)8-2-4-9(12)5-3-8/h2-6H,1H3,(H,13,14,15). The average molecular weight is 221 g/mol. The van der Waals surface area contributed by atoms with Crippen molar-refractivity contribution in [2.75, 3.05) is 0 Å². The molecular weight excluding hydrogens is 212 g/mol. The molecular formula is C11H9ClN2O. The maximum atomic E-state index is 11.6. The molecule has 0 unspecified atom stereocenters. The van der Waals surface area contributed by atoms with Gasteiger partial charge in [0.2, 0.25) is 0 Å². The maximum Gasteiger partial charge on any atom is 0.258 e. The van der Waals surface area contributed by atoms with E-state index in [0.717, 1.165) is 5.56 Å². The molecule has 0 bridgehead atoms. The van der Waals surface area contributed by atoms with Crippen LogP contribution in [0.15, 0.2) is 35.3 Å². The first-order chi connectivity index (χ1) is 7.16. The molecule has 0 radical (unpaired) electrons. The molecule has 0 saturated carbocycles. The molecule has 0 aliphatic heterocycles. The van der Waals surface area contributed by atoms with E-state index in [9.17, 15) is 4.79 Å². The first kappa shape index (κ1) is 9.93. The molecule has 0 aliphatic carbocycles. The fourth-order valence-corrected chi connectivity index (χ4v) is 1.44. The van der Waals surface area contributed by atoms with Crippen LogP contribution in [0.25, 0.3) is 11.1 Å². The SMILES string of the molecule is Cc1ncc(-c2ccc(Cl)cc2)c(=O)[nH]1. The Balaban J connectivity index is 2.55. The molecule has 4 heteroatoms. The Morgan fingerprint density at radius 2 is 1.93 bits per heavy atom. The smallest absolute Gasteiger partial charge is 0.258 e. The number of aromatic nitrogens is 2. The van der Waals surface area contributed by atoms with Crippen molar-refractivity contribution in [3.05, 3.63) is 51.7 Å². The zero-order valence-corrected chi connectivity index (χ0v) is 8.88. The van der Waals surface area contributed by atoms with E-state index in [2.05, 4.69) is 9.97 Å². The van der Waals surface area contributed by atoms with Crippen LogP contribution in [0.4, 0.5) is 0 Å². The van der Waals surface area contributed by atoms with Crippen molar-refractivity contribution in [1.82, 2.24) is 9.97 Å². The molecule has 1 N–H and O–H groups in total. The van der Waals surface area contributed by atoms with Gasteiger partial charge in [0.15, 0.2) is 0 Å². The molecule has 2 rings (SSSR count). The number of hydrogen-bond donors (Lipinski definition) is 1. The highest BCUT2D eigenvalue weighted by Crippen LogP contribution is 2.17. The zero-order chi connectivity index (χ0) is 10.8. The summed E-state index contributed by atoms with van der Waals surface area (Å²) in [5.74, 6) is 0.609. The first-order valence-electron chi connectivity index (χ1n) is 4.48. The highest BCUT2D eigenvalue weighted by Gasteiger charge is 2.03. The number of nitrogens with one attached hydrogen (secondary N) is 1. The number of rotatable bonds is 1. The van der Waals surface area contributed by atoms with Crippen LogP contribution in [0.2, 0.25) is 5.02 Å². The van der Waals surface area contributed by atoms with E-state index in [1.54, 1.807) is 37.4 Å². The quantitative estimate of drug-likeness (QED) is 0.802. The van der Waals surface area contributed by atoms with Gasteiger partial charge in [0.25, 0.3) is 5.56 Å². The third kappa shape index (κ3) is 2.07. The van der Waals surface area contributed by atoms with E-state index in [1.807, 2.05) is 0 Å². The Bertz CT molecular complexity index is 531. The lowest BCUT2D eigenvalue weighted by Crippen LogP contribution is -2.11. The molecule has 2 aromatic rings. The molecule has 15 heavy (non-hydrogen) atoms. The topological polar surface area (TPSA) is 45.8 Å². The fourth-order valence-electron chi connectivity index (χ4n) is 1.32. The van der Waals surface area contributed by atoms with Gasteiger partial charge >= 0.3 is 0 Å². The number of halogens is 1. The third-order valence-electron chi connectivity index (χ3n) is 2.08. The van der Waals surface area contributed by atoms with Gasteiger partial charge in [-0.3, -0.25) is 4.79 Å². The highest BCUT2D eigenvalue weighted by atomic mass is 35.5. The van der Waals surface area contributed by atoms with Crippen LogP contribution >= 0.6 is 11.6 Å². The summed E-state index contributed by atoms with van der Waals surface area (Å²) in [4.78, 5) is 18.3. The molecule has 76 valence electrons. The van der Waals surface area contributed by atoms with Gasteiger partial charge in [0.05, 0.1) is 5.56 Å². The zero-order valence-electron chi connectivity index (χ0n) is 8.12. The van der Waals surface area contributed by atoms with Gasteiger partial charge in [0.1, 0.15) is 5.82 Å². The van der Waals surface area contributed by atoms with Crippen molar-refractivity contribution in [3.63, 3.8) is 0 Å². The molecule has 0 spiro atoms. The molecule has 0 fully saturated rings. The van der Waals surface area contributed by atoms with Crippen molar-refractivity contribution < 1.29 is 0 Å². The van der Waals surface area contributed by atoms with E-state index in [-0.39, 0.29) is 5.56 Å². The highest BCUT2D eigenvalue weighted by molar-refractivity contribution is 6.30. The van der Waals surface area contributed by atoms with E-state index in [4.69, 9.17) is 11.6 Å². The van der Waals surface area contributed by atoms with Crippen LogP contribution in [0.3, 0.4) is 0 Å². The summed E-state index contributed by atoms with van der Waals surface area (Å²) in [6.07, 6.45) is 1.57. The summed E-state index contributed by atoms with van der Waals surface area (Å²) in [6, 6.07) is 7.08. The number of H-pyrrole nitrogens is 1. The minimum absolute atomic E-state index is 0.134. The lowest BCUT2D eigenvalue weighted by atomic mass is 10.1. The lowest BCUT2D eigenvalue weighted by molar-refractivity contribution is 1.02. The molecule has 3 nitrogen and oxygen atoms in total. The molecule has 0 saturated heterocycles. The summed E-state index contributed by atoms with van der Waals surface area (Å²) in [7, 11) is 0. The van der Waals surface area contributed by atoms with Crippen molar-refractivity contribution in [2.45, 2.75) is 6.92 Å². The van der Waals surface area contributed by atoms with Crippen LogP contribution in [0.1, 0.15) is 5.82 Å². The number of aryl methyl sites for hydroxylation is 1. The summed E-state index contributed by atoms with van der Waals surface area (Å²) < 4.78 is 0. The van der Waals surface area contributed by atoms with Crippen LogP contribution in [-0.4, -0.2) is 9.97 Å². The van der Waals surface area contributed by atoms with E-state index >= 15 is 0 Å². The van der Waals surface area contributed by atoms with Gasteiger partial charge < -0.3 is 4.98 Å². The van der Waals surface area contributed by atoms with Crippen molar-refractivity contribution in [3.8, 4) is 11.1 Å². The van der Waals surface area contributed by atoms with Crippen LogP contribution in [-0.2, 0) is 0 Å². The van der Waals surface area contributed by atoms with Crippen LogP contribution in [0, 0.1) is 6.92 Å². The minimum Gasteiger partial charge on any atom is -0.310 e. The second kappa shape index (κ2) is 3.87. The van der Waals surface area contributed by atoms with Crippen LogP contribution in [0.5, 0.6) is 0 Å². The van der Waals surface area contributed by atoms with Crippen molar-refractivity contribution in [1.29, 1.82) is 0 Å². The number of hydrogen-bond acceptors (Lipinski definition) is 2. The summed E-state index contributed by atoms with van der Waals surface area (Å²) >= 11 is 5.76. The molecule has 1 aromatic carbocycles. The largest absolute Gasteiger partial charge is 0.310 e. The predicted molar refractivity (Wildman–Crippen MR) is 60.0 cm³/mol. The number of nitrogens with zero attached hydrogens (tertiary/aromatic N) is 1. The first-order valence-corrected chi connectivity index (χ1v) is 4.86. The van der Waals surface area contributed by atoms with Crippen molar-refractivity contribution in [2.24, 2.45) is 0 Å². The van der Waals surface area contributed by atoms with Gasteiger partial charge in [0, 0.05) is 11.2 Å². The van der Waals surface area contributed by atoms with Gasteiger partial charge in [-0.05, 0) is 24.6 Å². The molecule has 0 amide bonds. The Morgan fingerprint density at radius 3 is 2.53 bits per heavy atom. The Kier molecular flexibility index (Phi) is 2.56. The predicted octanol–water partition coefficient (Wildman–Crippen LogP) is 2.40. The van der Waals surface area contributed by atoms with E-state index in [0.29, 0.717) is 16.4 Å². The minimum atomic E-state index is -0.134. The molecule has 0 aliphatic rings. The molecule has 0 atom stereocenters. The second-order valence-electron chi connectivity index (χ2n) is 3.22. The maximum absolute atomic E-state index is 11.6. The number of aromatic amines is 1. The van der Waals surface area contributed by atoms with Crippen molar-refractivity contribution >= 4 is 11.6 Å². The van der Waals surface area contributed by atoms with Gasteiger partial charge in [-0.25, -0.2) is 4.98 Å². The lowest BCUT2D eigenvalue weighted by Gasteiger charge is -2.00. The molecule has 1 aromatic heterocycles. The van der Waals surface area contributed by atoms with E-state index in [1.165, 1.54) is 0 Å². The van der Waals surface area contributed by atoms with E-state index < -0.39 is 0 Å². The monoisotopic (exact) mass is 220 g/mol. The average Bonchev–Trinajstić information content (AvgIpc) is 2.20. The number of benzene rings is 1. The van der Waals surface area contributed by atoms with Crippen LogP contribution < -0.4 is 5.56 Å². The van der Waals surface area contributed by atoms with Gasteiger partial charge in [-0.1, -0.05) is 23.7 Å². The molecule has 1 heterocycles.